The lowest BCUT2D eigenvalue weighted by Gasteiger charge is -2.17. The number of non-ortho nitro benzene ring substituents is 1. The molecule has 1 fully saturated rings. The quantitative estimate of drug-likeness (QED) is 0.502. The van der Waals surface area contributed by atoms with Gasteiger partial charge in [-0.25, -0.2) is 0 Å². The Hall–Kier alpha value is -2.23. The molecule has 1 saturated heterocycles. The standard InChI is InChI=1S/C11H11FN2O6S/c12-21(19,20)6-7-3-11(16)13(5-7)9-4-8(14(17)18)1-2-10(9)15/h1-2,4,7,15H,3,5-6H2. The van der Waals surface area contributed by atoms with Gasteiger partial charge in [0.15, 0.2) is 0 Å². The summed E-state index contributed by atoms with van der Waals surface area (Å²) in [6.07, 6.45) is -0.203. The first-order valence-electron chi connectivity index (χ1n) is 5.87. The SMILES string of the molecule is O=C1CC(CS(=O)(=O)F)CN1c1cc([N+](=O)[O-])ccc1O. The number of carbonyl (C=O) groups excluding carboxylic acids is 1. The van der Waals surface area contributed by atoms with E-state index in [4.69, 9.17) is 0 Å². The van der Waals surface area contributed by atoms with Crippen LogP contribution in [-0.2, 0) is 15.0 Å². The zero-order valence-electron chi connectivity index (χ0n) is 10.6. The zero-order valence-corrected chi connectivity index (χ0v) is 11.4. The van der Waals surface area contributed by atoms with E-state index in [0.29, 0.717) is 0 Å². The van der Waals surface area contributed by atoms with Crippen molar-refractivity contribution in [3.8, 4) is 5.75 Å². The molecule has 0 saturated carbocycles. The van der Waals surface area contributed by atoms with Gasteiger partial charge >= 0.3 is 10.2 Å². The van der Waals surface area contributed by atoms with Crippen molar-refractivity contribution in [1.29, 1.82) is 0 Å². The number of amides is 1. The molecule has 0 radical (unpaired) electrons. The van der Waals surface area contributed by atoms with E-state index in [9.17, 15) is 32.3 Å². The number of halogens is 1. The molecule has 1 aliphatic heterocycles. The van der Waals surface area contributed by atoms with Crippen LogP contribution < -0.4 is 4.90 Å². The van der Waals surface area contributed by atoms with Crippen LogP contribution in [0.3, 0.4) is 0 Å². The van der Waals surface area contributed by atoms with Crippen LogP contribution >= 0.6 is 0 Å². The van der Waals surface area contributed by atoms with Crippen LogP contribution in [0.25, 0.3) is 0 Å². The first-order chi connectivity index (χ1) is 9.67. The predicted octanol–water partition coefficient (Wildman–Crippen LogP) is 0.953. The maximum atomic E-state index is 12.7. The number of nitro benzene ring substituents is 1. The highest BCUT2D eigenvalue weighted by atomic mass is 32.3. The molecule has 1 amide bonds. The Kier molecular flexibility index (Phi) is 3.81. The second-order valence-corrected chi connectivity index (χ2v) is 6.12. The van der Waals surface area contributed by atoms with E-state index in [1.807, 2.05) is 0 Å². The minimum atomic E-state index is -4.72. The third-order valence-electron chi connectivity index (χ3n) is 3.10. The number of rotatable bonds is 4. The van der Waals surface area contributed by atoms with Crippen molar-refractivity contribution >= 4 is 27.5 Å². The van der Waals surface area contributed by atoms with Crippen LogP contribution in [-0.4, -0.2) is 36.7 Å². The van der Waals surface area contributed by atoms with Crippen molar-refractivity contribution < 1.29 is 27.1 Å². The van der Waals surface area contributed by atoms with Gasteiger partial charge in [-0.3, -0.25) is 14.9 Å². The number of nitro groups is 1. The first kappa shape index (κ1) is 15.2. The maximum absolute atomic E-state index is 12.7. The summed E-state index contributed by atoms with van der Waals surface area (Å²) in [7, 11) is -4.72. The molecular formula is C11H11FN2O6S. The highest BCUT2D eigenvalue weighted by molar-refractivity contribution is 7.86. The van der Waals surface area contributed by atoms with Gasteiger partial charge in [0.25, 0.3) is 5.69 Å². The molecule has 10 heteroatoms. The van der Waals surface area contributed by atoms with Crippen LogP contribution in [0.4, 0.5) is 15.3 Å². The van der Waals surface area contributed by atoms with Gasteiger partial charge in [-0.1, -0.05) is 0 Å². The lowest BCUT2D eigenvalue weighted by molar-refractivity contribution is -0.384. The summed E-state index contributed by atoms with van der Waals surface area (Å²) < 4.78 is 33.9. The third kappa shape index (κ3) is 3.45. The normalized spacial score (nSPS) is 19.0. The zero-order chi connectivity index (χ0) is 15.8. The molecule has 1 aromatic carbocycles. The number of aromatic hydroxyl groups is 1. The molecule has 0 aromatic heterocycles. The van der Waals surface area contributed by atoms with Gasteiger partial charge in [0.1, 0.15) is 5.75 Å². The third-order valence-corrected chi connectivity index (χ3v) is 3.97. The van der Waals surface area contributed by atoms with E-state index in [1.165, 1.54) is 0 Å². The molecule has 1 aliphatic rings. The molecule has 0 bridgehead atoms. The summed E-state index contributed by atoms with van der Waals surface area (Å²) >= 11 is 0. The van der Waals surface area contributed by atoms with Crippen molar-refractivity contribution in [1.82, 2.24) is 0 Å². The summed E-state index contributed by atoms with van der Waals surface area (Å²) in [4.78, 5) is 22.9. The van der Waals surface area contributed by atoms with E-state index in [-0.39, 0.29) is 30.1 Å². The predicted molar refractivity (Wildman–Crippen MR) is 70.1 cm³/mol. The summed E-state index contributed by atoms with van der Waals surface area (Å²) in [6, 6.07) is 3.16. The van der Waals surface area contributed by atoms with Gasteiger partial charge in [-0.15, -0.1) is 3.89 Å². The van der Waals surface area contributed by atoms with E-state index in [1.54, 1.807) is 0 Å². The van der Waals surface area contributed by atoms with Crippen molar-refractivity contribution in [2.24, 2.45) is 5.92 Å². The number of phenolic OH excluding ortho intramolecular Hbond substituents is 1. The number of carbonyl (C=O) groups is 1. The Bertz CT molecular complexity index is 705. The molecule has 0 spiro atoms. The van der Waals surface area contributed by atoms with Gasteiger partial charge in [-0.2, -0.15) is 8.42 Å². The molecule has 1 atom stereocenters. The number of benzene rings is 1. The fourth-order valence-corrected chi connectivity index (χ4v) is 3.04. The molecule has 21 heavy (non-hydrogen) atoms. The van der Waals surface area contributed by atoms with Crippen LogP contribution in [0, 0.1) is 16.0 Å². The Morgan fingerprint density at radius 3 is 2.71 bits per heavy atom. The molecule has 1 N–H and O–H groups in total. The fraction of sp³-hybridized carbons (Fsp3) is 0.364. The van der Waals surface area contributed by atoms with E-state index in [2.05, 4.69) is 0 Å². The van der Waals surface area contributed by atoms with Crippen LogP contribution in [0.1, 0.15) is 6.42 Å². The van der Waals surface area contributed by atoms with Crippen LogP contribution in [0.15, 0.2) is 18.2 Å². The molecular weight excluding hydrogens is 307 g/mol. The number of anilines is 1. The lowest BCUT2D eigenvalue weighted by Crippen LogP contribution is -2.25. The Morgan fingerprint density at radius 2 is 2.14 bits per heavy atom. The minimum absolute atomic E-state index is 0.0899. The highest BCUT2D eigenvalue weighted by Crippen LogP contribution is 2.35. The smallest absolute Gasteiger partial charge is 0.302 e. The average molecular weight is 318 g/mol. The van der Waals surface area contributed by atoms with Gasteiger partial charge in [0.2, 0.25) is 5.91 Å². The topological polar surface area (TPSA) is 118 Å². The van der Waals surface area contributed by atoms with Crippen molar-refractivity contribution in [3.05, 3.63) is 28.3 Å². The second-order valence-electron chi connectivity index (χ2n) is 4.71. The molecule has 114 valence electrons. The molecule has 0 aliphatic carbocycles. The van der Waals surface area contributed by atoms with Gasteiger partial charge in [0, 0.05) is 31.0 Å². The number of hydrogen-bond acceptors (Lipinski definition) is 6. The van der Waals surface area contributed by atoms with E-state index < -0.39 is 32.7 Å². The van der Waals surface area contributed by atoms with Crippen molar-refractivity contribution in [2.75, 3.05) is 17.2 Å². The van der Waals surface area contributed by atoms with E-state index in [0.717, 1.165) is 23.1 Å². The summed E-state index contributed by atoms with van der Waals surface area (Å²) in [5.41, 5.74) is -0.412. The van der Waals surface area contributed by atoms with E-state index >= 15 is 0 Å². The van der Waals surface area contributed by atoms with Crippen LogP contribution in [0.5, 0.6) is 5.75 Å². The Balaban J connectivity index is 2.28. The molecule has 1 heterocycles. The van der Waals surface area contributed by atoms with Crippen molar-refractivity contribution in [2.45, 2.75) is 6.42 Å². The number of hydrogen-bond donors (Lipinski definition) is 1. The largest absolute Gasteiger partial charge is 0.506 e. The summed E-state index contributed by atoms with van der Waals surface area (Å²) in [5, 5.41) is 20.4. The fourth-order valence-electron chi connectivity index (χ4n) is 2.25. The Morgan fingerprint density at radius 1 is 1.48 bits per heavy atom. The van der Waals surface area contributed by atoms with Gasteiger partial charge in [0.05, 0.1) is 16.4 Å². The summed E-state index contributed by atoms with van der Waals surface area (Å²) in [5.74, 6) is -2.44. The molecule has 8 nitrogen and oxygen atoms in total. The molecule has 1 aromatic rings. The molecule has 2 rings (SSSR count). The lowest BCUT2D eigenvalue weighted by atomic mass is 10.1. The first-order valence-corrected chi connectivity index (χ1v) is 7.43. The minimum Gasteiger partial charge on any atom is -0.506 e. The number of phenols is 1. The molecule has 1 unspecified atom stereocenters. The van der Waals surface area contributed by atoms with Gasteiger partial charge in [-0.05, 0) is 6.07 Å². The number of nitrogens with zero attached hydrogens (tertiary/aromatic N) is 2. The highest BCUT2D eigenvalue weighted by Gasteiger charge is 2.35. The second kappa shape index (κ2) is 5.28. The maximum Gasteiger partial charge on any atom is 0.302 e. The monoisotopic (exact) mass is 318 g/mol. The van der Waals surface area contributed by atoms with Gasteiger partial charge < -0.3 is 10.0 Å². The van der Waals surface area contributed by atoms with Crippen molar-refractivity contribution in [3.63, 3.8) is 0 Å². The summed E-state index contributed by atoms with van der Waals surface area (Å²) in [6.45, 7) is -0.128. The Labute approximate surface area is 119 Å². The van der Waals surface area contributed by atoms with Crippen LogP contribution in [0.2, 0.25) is 0 Å². The average Bonchev–Trinajstić information content (AvgIpc) is 2.67.